The van der Waals surface area contributed by atoms with E-state index in [2.05, 4.69) is 67.8 Å². The Labute approximate surface area is 348 Å². The van der Waals surface area contributed by atoms with Gasteiger partial charge in [0, 0.05) is 6.42 Å². The minimum absolute atomic E-state index is 0.161. The minimum Gasteiger partial charge on any atom is -0.394 e. The van der Waals surface area contributed by atoms with Crippen LogP contribution >= 0.6 is 0 Å². The molecule has 0 radical (unpaired) electrons. The van der Waals surface area contributed by atoms with E-state index in [0.717, 1.165) is 44.9 Å². The zero-order valence-corrected chi connectivity index (χ0v) is 36.3. The highest BCUT2D eigenvalue weighted by atomic mass is 16.7. The Morgan fingerprint density at radius 2 is 1.04 bits per heavy atom. The van der Waals surface area contributed by atoms with Gasteiger partial charge in [0.1, 0.15) is 24.4 Å². The molecule has 0 saturated carbocycles. The highest BCUT2D eigenvalue weighted by Crippen LogP contribution is 2.23. The van der Waals surface area contributed by atoms with E-state index in [9.17, 15) is 30.3 Å². The van der Waals surface area contributed by atoms with Crippen molar-refractivity contribution in [2.24, 2.45) is 0 Å². The lowest BCUT2D eigenvalue weighted by atomic mass is 9.99. The second-order valence-corrected chi connectivity index (χ2v) is 16.2. The summed E-state index contributed by atoms with van der Waals surface area (Å²) in [6.45, 7) is 3.79. The first kappa shape index (κ1) is 53.2. The summed E-state index contributed by atoms with van der Waals surface area (Å²) in [5.74, 6) is -0.199. The van der Waals surface area contributed by atoms with Crippen molar-refractivity contribution in [1.29, 1.82) is 0 Å². The van der Waals surface area contributed by atoms with Crippen LogP contribution in [0.25, 0.3) is 0 Å². The highest BCUT2D eigenvalue weighted by Gasteiger charge is 2.44. The monoisotopic (exact) mass is 806 g/mol. The fraction of sp³-hybridized carbons (Fsp3) is 0.812. The molecule has 57 heavy (non-hydrogen) atoms. The Bertz CT molecular complexity index is 1030. The zero-order valence-electron chi connectivity index (χ0n) is 36.3. The van der Waals surface area contributed by atoms with Crippen molar-refractivity contribution >= 4 is 5.91 Å². The molecule has 9 nitrogen and oxygen atoms in total. The number of unbranched alkanes of at least 4 members (excludes halogenated alkanes) is 20. The fourth-order valence-electron chi connectivity index (χ4n) is 7.15. The van der Waals surface area contributed by atoms with Gasteiger partial charge < -0.3 is 40.3 Å². The van der Waals surface area contributed by atoms with E-state index >= 15 is 0 Å². The number of nitrogens with one attached hydrogen (secondary N) is 1. The first-order chi connectivity index (χ1) is 27.8. The van der Waals surface area contributed by atoms with Crippen molar-refractivity contribution in [3.05, 3.63) is 48.6 Å². The summed E-state index contributed by atoms with van der Waals surface area (Å²) in [5.41, 5.74) is 0. The topological polar surface area (TPSA) is 149 Å². The van der Waals surface area contributed by atoms with Crippen molar-refractivity contribution in [2.75, 3.05) is 13.2 Å². The van der Waals surface area contributed by atoms with Crippen LogP contribution in [0.3, 0.4) is 0 Å². The lowest BCUT2D eigenvalue weighted by molar-refractivity contribution is -0.302. The molecule has 0 bridgehead atoms. The number of hydrogen-bond donors (Lipinski definition) is 6. The molecule has 0 aromatic heterocycles. The summed E-state index contributed by atoms with van der Waals surface area (Å²) in [6.07, 6.45) is 41.2. The van der Waals surface area contributed by atoms with Crippen molar-refractivity contribution < 1.29 is 39.8 Å². The smallest absolute Gasteiger partial charge is 0.220 e. The Morgan fingerprint density at radius 3 is 1.53 bits per heavy atom. The van der Waals surface area contributed by atoms with Crippen LogP contribution in [-0.2, 0) is 14.3 Å². The lowest BCUT2D eigenvalue weighted by Crippen LogP contribution is -2.60. The molecule has 1 aliphatic rings. The summed E-state index contributed by atoms with van der Waals surface area (Å²) in [6, 6.07) is -0.747. The third-order valence-electron chi connectivity index (χ3n) is 10.9. The van der Waals surface area contributed by atoms with E-state index in [1.807, 2.05) is 0 Å². The van der Waals surface area contributed by atoms with Gasteiger partial charge in [-0.25, -0.2) is 0 Å². The average molecular weight is 806 g/mol. The van der Waals surface area contributed by atoms with Crippen LogP contribution in [0.4, 0.5) is 0 Å². The maximum absolute atomic E-state index is 12.9. The second-order valence-electron chi connectivity index (χ2n) is 16.2. The van der Waals surface area contributed by atoms with Gasteiger partial charge in [-0.1, -0.05) is 184 Å². The van der Waals surface area contributed by atoms with E-state index in [1.54, 1.807) is 0 Å². The summed E-state index contributed by atoms with van der Waals surface area (Å²) in [5, 5.41) is 54.3. The summed E-state index contributed by atoms with van der Waals surface area (Å²) in [7, 11) is 0. The predicted molar refractivity (Wildman–Crippen MR) is 235 cm³/mol. The number of aliphatic hydroxyl groups is 5. The SMILES string of the molecule is CCCCCCCCC/C=C/C/C=C/C/C=C/C/C=C/CCCC(=O)N[C@@H](CO[C@H]1O[C@@H](CO)[C@H](O)C(O)C1O)[C@H](O)CCCCCCCCCCCCCCC. The van der Waals surface area contributed by atoms with E-state index in [4.69, 9.17) is 9.47 Å². The van der Waals surface area contributed by atoms with Gasteiger partial charge in [-0.05, 0) is 51.4 Å². The van der Waals surface area contributed by atoms with Crippen LogP contribution in [0.15, 0.2) is 48.6 Å². The fourth-order valence-corrected chi connectivity index (χ4v) is 7.15. The number of carbonyl (C=O) groups excluding carboxylic acids is 1. The van der Waals surface area contributed by atoms with Crippen molar-refractivity contribution in [3.8, 4) is 0 Å². The van der Waals surface area contributed by atoms with Crippen LogP contribution in [0.5, 0.6) is 0 Å². The molecular formula is C48H87NO8. The first-order valence-corrected chi connectivity index (χ1v) is 23.3. The second kappa shape index (κ2) is 38.4. The van der Waals surface area contributed by atoms with Gasteiger partial charge >= 0.3 is 0 Å². The maximum atomic E-state index is 12.9. The Balaban J connectivity index is 2.37. The Kier molecular flexibility index (Phi) is 35.8. The number of carbonyl (C=O) groups is 1. The van der Waals surface area contributed by atoms with Gasteiger partial charge in [-0.2, -0.15) is 0 Å². The van der Waals surface area contributed by atoms with E-state index < -0.39 is 49.5 Å². The third kappa shape index (κ3) is 29.1. The summed E-state index contributed by atoms with van der Waals surface area (Å²) in [4.78, 5) is 12.9. The maximum Gasteiger partial charge on any atom is 0.220 e. The number of hydrogen-bond acceptors (Lipinski definition) is 8. The number of ether oxygens (including phenoxy) is 2. The molecule has 1 amide bonds. The standard InChI is InChI=1S/C48H87NO8/c1-3-5-7-9-11-13-15-17-18-19-20-21-22-23-24-26-28-30-32-34-36-38-44(52)49-41(40-56-48-47(55)46(54)45(53)43(39-50)57-48)42(51)37-35-33-31-29-27-25-16-14-12-10-8-6-4-2/h18-19,21-22,24,26,30,32,41-43,45-48,50-51,53-55H,3-17,20,23,25,27-29,31,33-40H2,1-2H3,(H,49,52)/b19-18+,22-21+,26-24+,32-30+/t41-,42+,43-,45-,46?,47?,48-/m0/s1. The molecule has 0 spiro atoms. The molecule has 6 N–H and O–H groups in total. The normalized spacial score (nSPS) is 21.4. The van der Waals surface area contributed by atoms with Gasteiger partial charge in [0.15, 0.2) is 6.29 Å². The Hall–Kier alpha value is -1.85. The van der Waals surface area contributed by atoms with Crippen LogP contribution in [0.1, 0.15) is 194 Å². The van der Waals surface area contributed by atoms with Crippen LogP contribution in [0.2, 0.25) is 0 Å². The van der Waals surface area contributed by atoms with Gasteiger partial charge in [-0.3, -0.25) is 4.79 Å². The molecule has 1 saturated heterocycles. The van der Waals surface area contributed by atoms with Crippen molar-refractivity contribution in [3.63, 3.8) is 0 Å². The van der Waals surface area contributed by atoms with Crippen LogP contribution < -0.4 is 5.32 Å². The quantitative estimate of drug-likeness (QED) is 0.0267. The first-order valence-electron chi connectivity index (χ1n) is 23.3. The number of allylic oxidation sites excluding steroid dienone is 8. The van der Waals surface area contributed by atoms with E-state index in [1.165, 1.54) is 116 Å². The van der Waals surface area contributed by atoms with Crippen LogP contribution in [-0.4, -0.2) is 87.5 Å². The molecule has 1 fully saturated rings. The summed E-state index contributed by atoms with van der Waals surface area (Å²) >= 11 is 0. The predicted octanol–water partition coefficient (Wildman–Crippen LogP) is 9.84. The highest BCUT2D eigenvalue weighted by molar-refractivity contribution is 5.76. The average Bonchev–Trinajstić information content (AvgIpc) is 3.21. The zero-order chi connectivity index (χ0) is 41.6. The molecule has 1 rings (SSSR count). The molecule has 0 aromatic carbocycles. The molecule has 0 aliphatic carbocycles. The Morgan fingerprint density at radius 1 is 0.596 bits per heavy atom. The van der Waals surface area contributed by atoms with Gasteiger partial charge in [-0.15, -0.1) is 0 Å². The molecule has 7 atom stereocenters. The van der Waals surface area contributed by atoms with Gasteiger partial charge in [0.2, 0.25) is 5.91 Å². The molecule has 332 valence electrons. The largest absolute Gasteiger partial charge is 0.394 e. The molecule has 2 unspecified atom stereocenters. The van der Waals surface area contributed by atoms with E-state index in [0.29, 0.717) is 19.3 Å². The third-order valence-corrected chi connectivity index (χ3v) is 10.9. The number of rotatable bonds is 38. The van der Waals surface area contributed by atoms with Gasteiger partial charge in [0.05, 0.1) is 25.4 Å². The molecule has 1 aliphatic heterocycles. The number of aliphatic hydroxyl groups excluding tert-OH is 5. The van der Waals surface area contributed by atoms with Gasteiger partial charge in [0.25, 0.3) is 0 Å². The lowest BCUT2D eigenvalue weighted by Gasteiger charge is -2.40. The van der Waals surface area contributed by atoms with E-state index in [-0.39, 0.29) is 12.5 Å². The molecule has 9 heteroatoms. The summed E-state index contributed by atoms with van der Waals surface area (Å²) < 4.78 is 11.2. The minimum atomic E-state index is -1.56. The molecule has 1 heterocycles. The number of amides is 1. The van der Waals surface area contributed by atoms with Crippen molar-refractivity contribution in [2.45, 2.75) is 236 Å². The molecule has 0 aromatic rings. The van der Waals surface area contributed by atoms with Crippen molar-refractivity contribution in [1.82, 2.24) is 5.32 Å². The molecular weight excluding hydrogens is 719 g/mol. The van der Waals surface area contributed by atoms with Crippen LogP contribution in [0, 0.1) is 0 Å².